The molecule has 1 aliphatic heterocycles. The highest BCUT2D eigenvalue weighted by Gasteiger charge is 2.25. The highest BCUT2D eigenvalue weighted by molar-refractivity contribution is 6.31. The van der Waals surface area contributed by atoms with Gasteiger partial charge in [0.25, 0.3) is 0 Å². The normalized spacial score (nSPS) is 15.2. The van der Waals surface area contributed by atoms with Gasteiger partial charge in [0.1, 0.15) is 11.6 Å². The monoisotopic (exact) mass is 459 g/mol. The molecule has 3 heterocycles. The fourth-order valence-electron chi connectivity index (χ4n) is 4.92. The average Bonchev–Trinajstić information content (AvgIpc) is 3.22. The van der Waals surface area contributed by atoms with Gasteiger partial charge in [-0.25, -0.2) is 4.98 Å². The molecule has 2 aromatic carbocycles. The van der Waals surface area contributed by atoms with E-state index in [1.165, 1.54) is 11.1 Å². The van der Waals surface area contributed by atoms with Crippen molar-refractivity contribution in [1.29, 1.82) is 0 Å². The standard InChI is InChI=1S/C28H30ClN3O/c1-20-5-3-6-21(17-20)9-13-31-14-10-22(11-15-31)28-30-27(23-7-4-8-25(18-23)33-2)26-19-24(29)12-16-32(26)28/h3-8,12,16-19,22H,9-11,13-15H2,1-2H3. The van der Waals surface area contributed by atoms with E-state index in [0.717, 1.165) is 72.3 Å². The summed E-state index contributed by atoms with van der Waals surface area (Å²) >= 11 is 6.37. The summed E-state index contributed by atoms with van der Waals surface area (Å²) in [5.74, 6) is 2.41. The van der Waals surface area contributed by atoms with Gasteiger partial charge in [-0.15, -0.1) is 0 Å². The lowest BCUT2D eigenvalue weighted by Crippen LogP contribution is -2.34. The zero-order valence-electron chi connectivity index (χ0n) is 19.3. The van der Waals surface area contributed by atoms with Crippen molar-refractivity contribution >= 4 is 17.1 Å². The lowest BCUT2D eigenvalue weighted by molar-refractivity contribution is 0.211. The predicted octanol–water partition coefficient (Wildman–Crippen LogP) is 6.39. The molecule has 5 heteroatoms. The number of methoxy groups -OCH3 is 1. The zero-order valence-corrected chi connectivity index (χ0v) is 20.1. The van der Waals surface area contributed by atoms with Crippen molar-refractivity contribution in [2.75, 3.05) is 26.7 Å². The predicted molar refractivity (Wildman–Crippen MR) is 135 cm³/mol. The Hall–Kier alpha value is -2.82. The largest absolute Gasteiger partial charge is 0.497 e. The number of fused-ring (bicyclic) bond motifs is 1. The van der Waals surface area contributed by atoms with Gasteiger partial charge in [-0.1, -0.05) is 53.6 Å². The van der Waals surface area contributed by atoms with E-state index < -0.39 is 0 Å². The minimum Gasteiger partial charge on any atom is -0.497 e. The highest BCUT2D eigenvalue weighted by Crippen LogP contribution is 2.34. The van der Waals surface area contributed by atoms with E-state index >= 15 is 0 Å². The van der Waals surface area contributed by atoms with Crippen LogP contribution >= 0.6 is 11.6 Å². The van der Waals surface area contributed by atoms with Gasteiger partial charge in [0.2, 0.25) is 0 Å². The first-order valence-corrected chi connectivity index (χ1v) is 12.1. The molecule has 0 saturated carbocycles. The molecule has 1 fully saturated rings. The van der Waals surface area contributed by atoms with E-state index in [1.54, 1.807) is 7.11 Å². The molecule has 0 radical (unpaired) electrons. The Morgan fingerprint density at radius 3 is 2.64 bits per heavy atom. The first kappa shape index (κ1) is 22.0. The van der Waals surface area contributed by atoms with Gasteiger partial charge in [-0.2, -0.15) is 0 Å². The number of benzene rings is 2. The summed E-state index contributed by atoms with van der Waals surface area (Å²) < 4.78 is 7.67. The molecule has 0 atom stereocenters. The SMILES string of the molecule is COc1cccc(-c2nc(C3CCN(CCc4cccc(C)c4)CC3)n3ccc(Cl)cc23)c1. The Morgan fingerprint density at radius 2 is 1.85 bits per heavy atom. The maximum atomic E-state index is 6.37. The molecule has 0 N–H and O–H groups in total. The summed E-state index contributed by atoms with van der Waals surface area (Å²) in [4.78, 5) is 7.75. The highest BCUT2D eigenvalue weighted by atomic mass is 35.5. The second-order valence-electron chi connectivity index (χ2n) is 9.01. The van der Waals surface area contributed by atoms with Crippen molar-refractivity contribution in [3.8, 4) is 17.0 Å². The number of rotatable bonds is 6. The Balaban J connectivity index is 1.35. The van der Waals surface area contributed by atoms with Gasteiger partial charge in [0.15, 0.2) is 0 Å². The van der Waals surface area contributed by atoms with Crippen LogP contribution in [0.25, 0.3) is 16.8 Å². The minimum atomic E-state index is 0.438. The summed E-state index contributed by atoms with van der Waals surface area (Å²) in [5.41, 5.74) is 5.83. The molecule has 0 spiro atoms. The van der Waals surface area contributed by atoms with Gasteiger partial charge in [-0.3, -0.25) is 0 Å². The van der Waals surface area contributed by atoms with Gasteiger partial charge in [0, 0.05) is 29.2 Å². The van der Waals surface area contributed by atoms with Crippen LogP contribution in [-0.2, 0) is 6.42 Å². The van der Waals surface area contributed by atoms with Crippen molar-refractivity contribution in [3.05, 3.63) is 88.8 Å². The van der Waals surface area contributed by atoms with Crippen molar-refractivity contribution in [2.45, 2.75) is 32.1 Å². The third-order valence-electron chi connectivity index (χ3n) is 6.73. The maximum Gasteiger partial charge on any atom is 0.119 e. The first-order valence-electron chi connectivity index (χ1n) is 11.7. The molecule has 4 aromatic rings. The van der Waals surface area contributed by atoms with Gasteiger partial charge >= 0.3 is 0 Å². The van der Waals surface area contributed by atoms with Crippen LogP contribution in [-0.4, -0.2) is 41.0 Å². The third kappa shape index (κ3) is 4.78. The number of ether oxygens (including phenoxy) is 1. The van der Waals surface area contributed by atoms with Crippen molar-refractivity contribution in [2.24, 2.45) is 0 Å². The number of likely N-dealkylation sites (tertiary alicyclic amines) is 1. The van der Waals surface area contributed by atoms with Crippen LogP contribution in [0.3, 0.4) is 0 Å². The van der Waals surface area contributed by atoms with Crippen LogP contribution in [0.15, 0.2) is 66.9 Å². The number of aromatic nitrogens is 2. The molecule has 4 nitrogen and oxygen atoms in total. The van der Waals surface area contributed by atoms with Crippen molar-refractivity contribution in [3.63, 3.8) is 0 Å². The van der Waals surface area contributed by atoms with Gasteiger partial charge in [-0.05, 0) is 69.1 Å². The summed E-state index contributed by atoms with van der Waals surface area (Å²) in [6.07, 6.45) is 5.41. The molecule has 2 aromatic heterocycles. The van der Waals surface area contributed by atoms with E-state index in [0.29, 0.717) is 5.92 Å². The minimum absolute atomic E-state index is 0.438. The molecule has 170 valence electrons. The molecule has 5 rings (SSSR count). The van der Waals surface area contributed by atoms with E-state index in [1.807, 2.05) is 30.3 Å². The molecular formula is C28H30ClN3O. The average molecular weight is 460 g/mol. The van der Waals surface area contributed by atoms with Crippen LogP contribution < -0.4 is 4.74 Å². The van der Waals surface area contributed by atoms with Crippen LogP contribution in [0.5, 0.6) is 5.75 Å². The number of imidazole rings is 1. The van der Waals surface area contributed by atoms with Crippen molar-refractivity contribution in [1.82, 2.24) is 14.3 Å². The number of hydrogen-bond acceptors (Lipinski definition) is 3. The third-order valence-corrected chi connectivity index (χ3v) is 6.96. The Labute approximate surface area is 200 Å². The number of hydrogen-bond donors (Lipinski definition) is 0. The second-order valence-corrected chi connectivity index (χ2v) is 9.44. The smallest absolute Gasteiger partial charge is 0.119 e. The number of aryl methyl sites for hydroxylation is 1. The molecule has 0 bridgehead atoms. The van der Waals surface area contributed by atoms with E-state index in [-0.39, 0.29) is 0 Å². The lowest BCUT2D eigenvalue weighted by Gasteiger charge is -2.31. The number of pyridine rings is 1. The summed E-state index contributed by atoms with van der Waals surface area (Å²) in [6, 6.07) is 20.9. The lowest BCUT2D eigenvalue weighted by atomic mass is 9.95. The Bertz CT molecular complexity index is 1260. The zero-order chi connectivity index (χ0) is 22.8. The summed E-state index contributed by atoms with van der Waals surface area (Å²) in [6.45, 7) is 5.49. The molecule has 0 amide bonds. The number of nitrogens with zero attached hydrogens (tertiary/aromatic N) is 3. The Kier molecular flexibility index (Phi) is 6.39. The molecular weight excluding hydrogens is 430 g/mol. The quantitative estimate of drug-likeness (QED) is 0.334. The fourth-order valence-corrected chi connectivity index (χ4v) is 5.08. The van der Waals surface area contributed by atoms with Crippen LogP contribution in [0.4, 0.5) is 0 Å². The maximum absolute atomic E-state index is 6.37. The van der Waals surface area contributed by atoms with Gasteiger partial charge in [0.05, 0.1) is 18.3 Å². The summed E-state index contributed by atoms with van der Waals surface area (Å²) in [7, 11) is 1.69. The Morgan fingerprint density at radius 1 is 1.03 bits per heavy atom. The second kappa shape index (κ2) is 9.58. The molecule has 1 aliphatic rings. The molecule has 1 saturated heterocycles. The molecule has 33 heavy (non-hydrogen) atoms. The van der Waals surface area contributed by atoms with Crippen molar-refractivity contribution < 1.29 is 4.74 Å². The fraction of sp³-hybridized carbons (Fsp3) is 0.321. The van der Waals surface area contributed by atoms with Crippen LogP contribution in [0.2, 0.25) is 5.02 Å². The topological polar surface area (TPSA) is 29.8 Å². The van der Waals surface area contributed by atoms with E-state index in [9.17, 15) is 0 Å². The molecule has 0 aliphatic carbocycles. The summed E-state index contributed by atoms with van der Waals surface area (Å²) in [5, 5.41) is 0.726. The molecule has 0 unspecified atom stereocenters. The van der Waals surface area contributed by atoms with E-state index in [4.69, 9.17) is 21.3 Å². The number of halogens is 1. The van der Waals surface area contributed by atoms with Crippen LogP contribution in [0.1, 0.15) is 35.7 Å². The van der Waals surface area contributed by atoms with Crippen LogP contribution in [0, 0.1) is 6.92 Å². The van der Waals surface area contributed by atoms with Gasteiger partial charge < -0.3 is 14.0 Å². The number of piperidine rings is 1. The van der Waals surface area contributed by atoms with E-state index in [2.05, 4.69) is 52.8 Å². The first-order chi connectivity index (χ1) is 16.1.